The number of nitrogens with two attached hydrogens (primary N) is 1. The van der Waals surface area contributed by atoms with Crippen molar-refractivity contribution in [1.82, 2.24) is 19.5 Å². The van der Waals surface area contributed by atoms with Gasteiger partial charge in [0.05, 0.1) is 12.4 Å². The van der Waals surface area contributed by atoms with Gasteiger partial charge in [0, 0.05) is 0 Å². The van der Waals surface area contributed by atoms with Gasteiger partial charge in [0.2, 0.25) is 5.67 Å². The molecule has 1 aliphatic rings. The number of H-pyrrole nitrogens is 1. The van der Waals surface area contributed by atoms with E-state index >= 15 is 4.39 Å². The summed E-state index contributed by atoms with van der Waals surface area (Å²) in [7, 11) is 0. The number of aliphatic hydroxyl groups excluding tert-OH is 2. The number of imidazole rings is 1. The average molecular weight is 371 g/mol. The number of nitrogens with one attached hydrogen (secondary N) is 1. The zero-order valence-electron chi connectivity index (χ0n) is 13.0. The van der Waals surface area contributed by atoms with E-state index in [-0.39, 0.29) is 21.8 Å². The van der Waals surface area contributed by atoms with Crippen LogP contribution in [0.15, 0.2) is 6.33 Å². The molecule has 0 amide bonds. The number of hydrogen-bond donors (Lipinski definition) is 4. The minimum atomic E-state index is -2.69. The van der Waals surface area contributed by atoms with Crippen LogP contribution in [-0.2, 0) is 4.74 Å². The second-order valence-corrected chi connectivity index (χ2v) is 6.00. The molecule has 0 aromatic carbocycles. The van der Waals surface area contributed by atoms with Crippen LogP contribution >= 0.6 is 12.2 Å². The number of nitrogens with zero attached hydrogens (tertiary/aromatic N) is 3. The molecule has 134 valence electrons. The third kappa shape index (κ3) is 2.77. The zero-order valence-corrected chi connectivity index (χ0v) is 13.8. The standard InChI is InChI=1S/C14H15F2N5O3S/c1-6(22)8-9(23)14(16,3-2-4-15)12(24-8)21-5-18-7-10(21)19-13(17)20-11(7)25/h5-6,8-9,12,22-23H,4H2,1H3,(H3,17,19,20,25)/t6-,8+,9-,12+,14?/m0/s1. The summed E-state index contributed by atoms with van der Waals surface area (Å²) in [5.74, 6) is 4.01. The fourth-order valence-corrected chi connectivity index (χ4v) is 3.04. The quantitative estimate of drug-likeness (QED) is 0.445. The van der Waals surface area contributed by atoms with Crippen LogP contribution in [0.5, 0.6) is 0 Å². The molecule has 0 saturated carbocycles. The Balaban J connectivity index is 2.18. The smallest absolute Gasteiger partial charge is 0.243 e. The van der Waals surface area contributed by atoms with Crippen LogP contribution in [0.2, 0.25) is 0 Å². The monoisotopic (exact) mass is 371 g/mol. The highest BCUT2D eigenvalue weighted by molar-refractivity contribution is 7.71. The molecule has 1 unspecified atom stereocenters. The molecule has 3 rings (SSSR count). The third-order valence-corrected chi connectivity index (χ3v) is 4.21. The third-order valence-electron chi connectivity index (χ3n) is 3.93. The molecular weight excluding hydrogens is 356 g/mol. The first kappa shape index (κ1) is 17.7. The molecule has 1 fully saturated rings. The Kier molecular flexibility index (Phi) is 4.46. The number of fused-ring (bicyclic) bond motifs is 1. The lowest BCUT2D eigenvalue weighted by Crippen LogP contribution is -2.44. The molecule has 1 saturated heterocycles. The summed E-state index contributed by atoms with van der Waals surface area (Å²) in [6.07, 6.45) is -4.58. The van der Waals surface area contributed by atoms with Gasteiger partial charge in [-0.15, -0.1) is 0 Å². The van der Waals surface area contributed by atoms with Crippen molar-refractivity contribution in [1.29, 1.82) is 0 Å². The van der Waals surface area contributed by atoms with E-state index in [0.29, 0.717) is 0 Å². The van der Waals surface area contributed by atoms with Crippen molar-refractivity contribution in [2.24, 2.45) is 0 Å². The van der Waals surface area contributed by atoms with Gasteiger partial charge in [0.1, 0.15) is 30.0 Å². The first-order valence-electron chi connectivity index (χ1n) is 7.28. The van der Waals surface area contributed by atoms with Gasteiger partial charge in [-0.05, 0) is 6.92 Å². The maximum absolute atomic E-state index is 15.5. The Labute approximate surface area is 145 Å². The van der Waals surface area contributed by atoms with Gasteiger partial charge in [-0.3, -0.25) is 4.57 Å². The van der Waals surface area contributed by atoms with Crippen molar-refractivity contribution in [3.63, 3.8) is 0 Å². The van der Waals surface area contributed by atoms with Crippen LogP contribution in [0, 0.1) is 16.5 Å². The lowest BCUT2D eigenvalue weighted by atomic mass is 9.94. The highest BCUT2D eigenvalue weighted by Gasteiger charge is 2.59. The maximum atomic E-state index is 15.5. The predicted molar refractivity (Wildman–Crippen MR) is 86.3 cm³/mol. The number of anilines is 1. The van der Waals surface area contributed by atoms with Gasteiger partial charge in [0.15, 0.2) is 16.8 Å². The van der Waals surface area contributed by atoms with Crippen molar-refractivity contribution in [2.75, 3.05) is 12.4 Å². The van der Waals surface area contributed by atoms with Crippen molar-refractivity contribution in [3.8, 4) is 11.8 Å². The molecule has 0 bridgehead atoms. The van der Waals surface area contributed by atoms with E-state index in [1.54, 1.807) is 0 Å². The van der Waals surface area contributed by atoms with Gasteiger partial charge in [-0.2, -0.15) is 0 Å². The molecule has 11 heteroatoms. The molecule has 25 heavy (non-hydrogen) atoms. The zero-order chi connectivity index (χ0) is 18.4. The number of ether oxygens (including phenoxy) is 1. The van der Waals surface area contributed by atoms with Crippen LogP contribution in [-0.4, -0.2) is 60.4 Å². The normalized spacial score (nSPS) is 30.2. The van der Waals surface area contributed by atoms with E-state index in [2.05, 4.69) is 20.9 Å². The van der Waals surface area contributed by atoms with Crippen molar-refractivity contribution < 1.29 is 23.7 Å². The molecule has 0 aliphatic carbocycles. The first-order chi connectivity index (χ1) is 11.8. The van der Waals surface area contributed by atoms with Crippen molar-refractivity contribution in [2.45, 2.75) is 37.1 Å². The van der Waals surface area contributed by atoms with Crippen LogP contribution < -0.4 is 5.73 Å². The summed E-state index contributed by atoms with van der Waals surface area (Å²) in [6, 6.07) is 0. The summed E-state index contributed by atoms with van der Waals surface area (Å²) in [6.45, 7) is 0.231. The van der Waals surface area contributed by atoms with Crippen LogP contribution in [0.3, 0.4) is 0 Å². The maximum Gasteiger partial charge on any atom is 0.243 e. The van der Waals surface area contributed by atoms with Gasteiger partial charge in [-0.1, -0.05) is 24.1 Å². The molecule has 0 spiro atoms. The summed E-state index contributed by atoms with van der Waals surface area (Å²) in [5, 5.41) is 20.0. The number of aliphatic hydroxyl groups is 2. The molecule has 0 radical (unpaired) electrons. The van der Waals surface area contributed by atoms with Gasteiger partial charge >= 0.3 is 0 Å². The molecule has 2 aromatic heterocycles. The number of nitrogen functional groups attached to an aromatic ring is 1. The van der Waals surface area contributed by atoms with Gasteiger partial charge in [0.25, 0.3) is 0 Å². The summed E-state index contributed by atoms with van der Waals surface area (Å²) in [4.78, 5) is 10.6. The Bertz CT molecular complexity index is 921. The average Bonchev–Trinajstić information content (AvgIpc) is 3.06. The molecule has 8 nitrogen and oxygen atoms in total. The topological polar surface area (TPSA) is 122 Å². The highest BCUT2D eigenvalue weighted by Crippen LogP contribution is 2.43. The number of halogens is 2. The highest BCUT2D eigenvalue weighted by atomic mass is 32.1. The fraction of sp³-hybridized carbons (Fsp3) is 0.500. The SMILES string of the molecule is C[C@H](O)[C@H]1O[C@@H](n2cnc3c(=S)nc(N)[nH]c32)C(F)(C#CCF)[C@H]1O. The first-order valence-corrected chi connectivity index (χ1v) is 7.69. The number of alkyl halides is 2. The fourth-order valence-electron chi connectivity index (χ4n) is 2.79. The number of aromatic amines is 1. The van der Waals surface area contributed by atoms with Crippen LogP contribution in [0.1, 0.15) is 13.2 Å². The lowest BCUT2D eigenvalue weighted by molar-refractivity contribution is -0.0776. The minimum Gasteiger partial charge on any atom is -0.391 e. The van der Waals surface area contributed by atoms with Gasteiger partial charge in [-0.25, -0.2) is 18.7 Å². The van der Waals surface area contributed by atoms with Crippen LogP contribution in [0.25, 0.3) is 11.2 Å². The largest absolute Gasteiger partial charge is 0.391 e. The Morgan fingerprint density at radius 3 is 3.00 bits per heavy atom. The van der Waals surface area contributed by atoms with Crippen LogP contribution in [0.4, 0.5) is 14.7 Å². The molecule has 1 aliphatic heterocycles. The Morgan fingerprint density at radius 1 is 1.64 bits per heavy atom. The van der Waals surface area contributed by atoms with E-state index in [1.807, 2.05) is 5.92 Å². The predicted octanol–water partition coefficient (Wildman–Crippen LogP) is 0.391. The molecule has 2 aromatic rings. The van der Waals surface area contributed by atoms with E-state index in [9.17, 15) is 14.6 Å². The molecule has 5 atom stereocenters. The molecule has 5 N–H and O–H groups in total. The number of aromatic nitrogens is 4. The Morgan fingerprint density at radius 2 is 2.36 bits per heavy atom. The van der Waals surface area contributed by atoms with Gasteiger partial charge < -0.3 is 25.7 Å². The summed E-state index contributed by atoms with van der Waals surface area (Å²) < 4.78 is 34.7. The van der Waals surface area contributed by atoms with E-state index in [0.717, 1.165) is 0 Å². The lowest BCUT2D eigenvalue weighted by Gasteiger charge is -2.24. The van der Waals surface area contributed by atoms with E-state index < -0.39 is 36.9 Å². The minimum absolute atomic E-state index is 0.0239. The molecule has 3 heterocycles. The number of hydrogen-bond acceptors (Lipinski definition) is 7. The second-order valence-electron chi connectivity index (χ2n) is 5.62. The number of rotatable bonds is 2. The van der Waals surface area contributed by atoms with Crippen molar-refractivity contribution in [3.05, 3.63) is 11.0 Å². The van der Waals surface area contributed by atoms with Crippen molar-refractivity contribution >= 4 is 29.3 Å². The second kappa shape index (κ2) is 6.30. The summed E-state index contributed by atoms with van der Waals surface area (Å²) in [5.41, 5.74) is 3.38. The Hall–Kier alpha value is -2.13. The summed E-state index contributed by atoms with van der Waals surface area (Å²) >= 11 is 5.06. The van der Waals surface area contributed by atoms with E-state index in [1.165, 1.54) is 17.8 Å². The van der Waals surface area contributed by atoms with E-state index in [4.69, 9.17) is 22.7 Å². The molecular formula is C14H15F2N5O3S.